The number of aromatic hydroxyl groups is 1. The third kappa shape index (κ3) is 4.50. The van der Waals surface area contributed by atoms with E-state index in [1.807, 2.05) is 0 Å². The minimum Gasteiger partial charge on any atom is -0.503 e. The van der Waals surface area contributed by atoms with Crippen molar-refractivity contribution >= 4 is 11.8 Å². The van der Waals surface area contributed by atoms with Crippen molar-refractivity contribution in [2.75, 3.05) is 6.54 Å². The van der Waals surface area contributed by atoms with Crippen LogP contribution in [0.3, 0.4) is 0 Å². The van der Waals surface area contributed by atoms with Gasteiger partial charge in [-0.25, -0.2) is 4.39 Å². The zero-order chi connectivity index (χ0) is 23.7. The molecule has 1 aromatic carbocycles. The number of carbonyl (C=O) groups excluding carboxylic acids is 2. The second-order valence-electron chi connectivity index (χ2n) is 8.90. The Balaban J connectivity index is 1.60. The number of benzene rings is 1. The molecule has 0 spiro atoms. The summed E-state index contributed by atoms with van der Waals surface area (Å²) in [5.74, 6) is -1.72. The molecule has 176 valence electrons. The Morgan fingerprint density at radius 2 is 2.03 bits per heavy atom. The van der Waals surface area contributed by atoms with Crippen molar-refractivity contribution in [3.8, 4) is 5.75 Å². The van der Waals surface area contributed by atoms with E-state index in [2.05, 4.69) is 24.5 Å². The molecule has 0 bridgehead atoms. The maximum absolute atomic E-state index is 13.4. The third-order valence-electron chi connectivity index (χ3n) is 6.63. The molecule has 2 aliphatic rings. The van der Waals surface area contributed by atoms with E-state index in [0.29, 0.717) is 18.0 Å². The number of fused-ring (bicyclic) bond motifs is 2. The molecular weight excluding hydrogens is 427 g/mol. The molecule has 2 aliphatic heterocycles. The highest BCUT2D eigenvalue weighted by Gasteiger charge is 2.41. The van der Waals surface area contributed by atoms with Crippen LogP contribution in [0.25, 0.3) is 0 Å². The summed E-state index contributed by atoms with van der Waals surface area (Å²) in [6, 6.07) is 5.66. The van der Waals surface area contributed by atoms with Crippen LogP contribution in [0.5, 0.6) is 5.75 Å². The highest BCUT2D eigenvalue weighted by atomic mass is 19.1. The number of nitrogens with one attached hydrogen (secondary N) is 2. The average Bonchev–Trinajstić information content (AvgIpc) is 2.80. The van der Waals surface area contributed by atoms with Gasteiger partial charge in [0.1, 0.15) is 17.5 Å². The Bertz CT molecular complexity index is 1110. The fourth-order valence-corrected chi connectivity index (χ4v) is 4.60. The number of nitrogens with zero attached hydrogens (tertiary/aromatic N) is 2. The molecule has 2 amide bonds. The first-order valence-corrected chi connectivity index (χ1v) is 11.3. The summed E-state index contributed by atoms with van der Waals surface area (Å²) >= 11 is 0. The van der Waals surface area contributed by atoms with Crippen LogP contribution in [0, 0.1) is 11.7 Å². The molecule has 1 fully saturated rings. The maximum atomic E-state index is 13.4. The second kappa shape index (κ2) is 9.35. The van der Waals surface area contributed by atoms with E-state index in [-0.39, 0.29) is 35.8 Å². The van der Waals surface area contributed by atoms with Gasteiger partial charge >= 0.3 is 0 Å². The van der Waals surface area contributed by atoms with Gasteiger partial charge in [-0.1, -0.05) is 32.4 Å². The first-order valence-electron chi connectivity index (χ1n) is 11.3. The number of pyridine rings is 1. The highest BCUT2D eigenvalue weighted by molar-refractivity contribution is 5.99. The minimum atomic E-state index is -0.881. The first kappa shape index (κ1) is 23.0. The van der Waals surface area contributed by atoms with Gasteiger partial charge in [0.2, 0.25) is 5.43 Å². The van der Waals surface area contributed by atoms with Crippen molar-refractivity contribution in [3.63, 3.8) is 0 Å². The minimum absolute atomic E-state index is 0.0284. The lowest BCUT2D eigenvalue weighted by Crippen LogP contribution is -2.63. The zero-order valence-corrected chi connectivity index (χ0v) is 18.8. The van der Waals surface area contributed by atoms with Crippen molar-refractivity contribution in [3.05, 3.63) is 63.3 Å². The van der Waals surface area contributed by atoms with Crippen LogP contribution in [0.15, 0.2) is 35.3 Å². The number of carbonyl (C=O) groups is 2. The number of amides is 2. The fourth-order valence-electron chi connectivity index (χ4n) is 4.60. The number of halogens is 1. The smallest absolute Gasteiger partial charge is 0.276 e. The molecule has 0 saturated carbocycles. The number of aromatic nitrogens is 1. The molecule has 1 saturated heterocycles. The van der Waals surface area contributed by atoms with E-state index >= 15 is 0 Å². The van der Waals surface area contributed by atoms with Crippen molar-refractivity contribution < 1.29 is 19.1 Å². The lowest BCUT2D eigenvalue weighted by atomic mass is 9.93. The van der Waals surface area contributed by atoms with Crippen molar-refractivity contribution in [2.45, 2.75) is 58.4 Å². The van der Waals surface area contributed by atoms with Gasteiger partial charge < -0.3 is 19.9 Å². The predicted octanol–water partition coefficient (Wildman–Crippen LogP) is 2.20. The van der Waals surface area contributed by atoms with Gasteiger partial charge in [0.25, 0.3) is 11.8 Å². The Morgan fingerprint density at radius 3 is 2.73 bits per heavy atom. The zero-order valence-electron chi connectivity index (χ0n) is 18.8. The summed E-state index contributed by atoms with van der Waals surface area (Å²) in [5, 5.41) is 16.6. The van der Waals surface area contributed by atoms with Gasteiger partial charge in [-0.05, 0) is 43.0 Å². The topological polar surface area (TPSA) is 104 Å². The van der Waals surface area contributed by atoms with Gasteiger partial charge in [-0.15, -0.1) is 0 Å². The normalized spacial score (nSPS) is 20.7. The molecule has 9 heteroatoms. The largest absolute Gasteiger partial charge is 0.503 e. The van der Waals surface area contributed by atoms with E-state index in [1.165, 1.54) is 35.0 Å². The monoisotopic (exact) mass is 456 g/mol. The van der Waals surface area contributed by atoms with Crippen molar-refractivity contribution in [2.24, 2.45) is 5.92 Å². The van der Waals surface area contributed by atoms with Crippen LogP contribution in [0.1, 0.15) is 59.5 Å². The van der Waals surface area contributed by atoms with Gasteiger partial charge in [0, 0.05) is 18.8 Å². The van der Waals surface area contributed by atoms with Crippen LogP contribution in [-0.2, 0) is 13.1 Å². The van der Waals surface area contributed by atoms with E-state index in [9.17, 15) is 23.9 Å². The molecule has 8 nitrogen and oxygen atoms in total. The van der Waals surface area contributed by atoms with Crippen LogP contribution >= 0.6 is 0 Å². The molecule has 4 rings (SSSR count). The maximum Gasteiger partial charge on any atom is 0.276 e. The summed E-state index contributed by atoms with van der Waals surface area (Å²) in [6.45, 7) is 5.45. The average molecular weight is 457 g/mol. The fraction of sp³-hybridized carbons (Fsp3) is 0.458. The molecule has 2 aromatic rings. The van der Waals surface area contributed by atoms with Gasteiger partial charge in [0.05, 0.1) is 6.54 Å². The summed E-state index contributed by atoms with van der Waals surface area (Å²) in [5.41, 5.74) is -0.541. The van der Waals surface area contributed by atoms with Crippen molar-refractivity contribution in [1.29, 1.82) is 0 Å². The van der Waals surface area contributed by atoms with E-state index in [4.69, 9.17) is 0 Å². The standard InChI is InChI=1S/C24H29FN4O4/c1-3-14(2)10-17-8-9-26-19-13-28-12-18(21(30)22(31)20(28)24(33)29(17)19)23(32)27-11-15-4-6-16(25)7-5-15/h4-7,12,14,17,19,26,31H,3,8-11,13H2,1-2H3,(H,27,32)/t14?,17-,19+/m0/s1. The SMILES string of the molecule is CCC(C)C[C@@H]1CCN[C@H]2Cn3cc(C(=O)NCc4ccc(F)cc4)c(=O)c(O)c3C(=O)N12. The Morgan fingerprint density at radius 1 is 1.30 bits per heavy atom. The lowest BCUT2D eigenvalue weighted by Gasteiger charge is -2.47. The third-order valence-corrected chi connectivity index (χ3v) is 6.63. The Hall–Kier alpha value is -3.20. The van der Waals surface area contributed by atoms with Crippen LogP contribution in [-0.4, -0.2) is 45.1 Å². The van der Waals surface area contributed by atoms with E-state index in [0.717, 1.165) is 25.8 Å². The van der Waals surface area contributed by atoms with Gasteiger partial charge in [0.15, 0.2) is 11.4 Å². The number of rotatable bonds is 6. The Kier molecular flexibility index (Phi) is 6.51. The molecule has 33 heavy (non-hydrogen) atoms. The molecule has 3 N–H and O–H groups in total. The van der Waals surface area contributed by atoms with Crippen LogP contribution in [0.2, 0.25) is 0 Å². The molecule has 0 radical (unpaired) electrons. The summed E-state index contributed by atoms with van der Waals surface area (Å²) in [7, 11) is 0. The predicted molar refractivity (Wildman–Crippen MR) is 120 cm³/mol. The Labute approximate surface area is 191 Å². The molecular formula is C24H29FN4O4. The molecule has 1 aromatic heterocycles. The summed E-state index contributed by atoms with van der Waals surface area (Å²) < 4.78 is 14.6. The number of hydrogen-bond acceptors (Lipinski definition) is 5. The molecule has 3 heterocycles. The van der Waals surface area contributed by atoms with Gasteiger partial charge in [-0.2, -0.15) is 0 Å². The molecule has 1 unspecified atom stereocenters. The molecule has 3 atom stereocenters. The van der Waals surface area contributed by atoms with Crippen LogP contribution < -0.4 is 16.1 Å². The van der Waals surface area contributed by atoms with E-state index < -0.39 is 23.0 Å². The summed E-state index contributed by atoms with van der Waals surface area (Å²) in [4.78, 5) is 40.6. The van der Waals surface area contributed by atoms with Crippen molar-refractivity contribution in [1.82, 2.24) is 20.1 Å². The first-order chi connectivity index (χ1) is 15.8. The van der Waals surface area contributed by atoms with Crippen LogP contribution in [0.4, 0.5) is 4.39 Å². The second-order valence-corrected chi connectivity index (χ2v) is 8.90. The summed E-state index contributed by atoms with van der Waals surface area (Å²) in [6.07, 6.45) is 3.74. The number of hydrogen-bond donors (Lipinski definition) is 3. The lowest BCUT2D eigenvalue weighted by molar-refractivity contribution is 0.0217. The quantitative estimate of drug-likeness (QED) is 0.618. The van der Waals surface area contributed by atoms with Gasteiger partial charge in [-0.3, -0.25) is 19.7 Å². The molecule has 0 aliphatic carbocycles. The highest BCUT2D eigenvalue weighted by Crippen LogP contribution is 2.30. The van der Waals surface area contributed by atoms with E-state index in [1.54, 1.807) is 4.90 Å².